The summed E-state index contributed by atoms with van der Waals surface area (Å²) in [5.41, 5.74) is 2.42. The Kier molecular flexibility index (Phi) is 6.87. The number of fused-ring (bicyclic) bond motifs is 1. The lowest BCUT2D eigenvalue weighted by molar-refractivity contribution is -0.155. The van der Waals surface area contributed by atoms with Crippen LogP contribution in [-0.2, 0) is 33.2 Å². The van der Waals surface area contributed by atoms with Gasteiger partial charge in [0, 0.05) is 6.54 Å². The van der Waals surface area contributed by atoms with Gasteiger partial charge in [0.05, 0.1) is 16.8 Å². The molecule has 1 atom stereocenters. The van der Waals surface area contributed by atoms with Crippen molar-refractivity contribution >= 4 is 34.7 Å². The normalized spacial score (nSPS) is 12.0. The van der Waals surface area contributed by atoms with Gasteiger partial charge in [0.15, 0.2) is 6.10 Å². The standard InChI is InChI=1S/C21H22FN3O3S/c1-14(21(27)23-11-15-7-9-16(22)10-8-15)28-20(26)12-25-18-6-4-3-5-17(18)24-19(25)13-29-2/h3-10,14H,11-13H2,1-2H3,(H,23,27)/t14-/m0/s1. The second kappa shape index (κ2) is 9.56. The third-order valence-electron chi connectivity index (χ3n) is 4.35. The number of nitrogens with one attached hydrogen (secondary N) is 1. The Morgan fingerprint density at radius 2 is 1.93 bits per heavy atom. The van der Waals surface area contributed by atoms with E-state index in [1.54, 1.807) is 23.9 Å². The molecule has 8 heteroatoms. The van der Waals surface area contributed by atoms with Crippen LogP contribution in [0, 0.1) is 5.82 Å². The van der Waals surface area contributed by atoms with Gasteiger partial charge in [-0.2, -0.15) is 11.8 Å². The van der Waals surface area contributed by atoms with E-state index in [-0.39, 0.29) is 18.9 Å². The van der Waals surface area contributed by atoms with Crippen LogP contribution in [0.3, 0.4) is 0 Å². The molecule has 0 spiro atoms. The van der Waals surface area contributed by atoms with E-state index in [1.165, 1.54) is 19.1 Å². The predicted octanol–water partition coefficient (Wildman–Crippen LogP) is 3.29. The molecule has 1 amide bonds. The molecule has 1 N–H and O–H groups in total. The molecule has 0 bridgehead atoms. The van der Waals surface area contributed by atoms with Gasteiger partial charge in [-0.1, -0.05) is 24.3 Å². The van der Waals surface area contributed by atoms with Crippen molar-refractivity contribution in [1.29, 1.82) is 0 Å². The minimum atomic E-state index is -0.943. The molecule has 0 saturated heterocycles. The van der Waals surface area contributed by atoms with E-state index < -0.39 is 18.0 Å². The Morgan fingerprint density at radius 3 is 2.66 bits per heavy atom. The topological polar surface area (TPSA) is 73.2 Å². The van der Waals surface area contributed by atoms with Gasteiger partial charge in [-0.3, -0.25) is 9.59 Å². The first-order chi connectivity index (χ1) is 14.0. The molecule has 0 saturated carbocycles. The van der Waals surface area contributed by atoms with Gasteiger partial charge >= 0.3 is 5.97 Å². The number of nitrogens with zero attached hydrogens (tertiary/aromatic N) is 2. The fourth-order valence-electron chi connectivity index (χ4n) is 2.89. The zero-order valence-electron chi connectivity index (χ0n) is 16.2. The van der Waals surface area contributed by atoms with Gasteiger partial charge < -0.3 is 14.6 Å². The van der Waals surface area contributed by atoms with Crippen LogP contribution in [0.25, 0.3) is 11.0 Å². The first kappa shape index (κ1) is 20.9. The number of ether oxygens (including phenoxy) is 1. The van der Waals surface area contributed by atoms with Crippen molar-refractivity contribution in [3.8, 4) is 0 Å². The van der Waals surface area contributed by atoms with E-state index >= 15 is 0 Å². The second-order valence-electron chi connectivity index (χ2n) is 6.51. The van der Waals surface area contributed by atoms with E-state index in [0.29, 0.717) is 5.75 Å². The molecule has 1 aromatic heterocycles. The fraction of sp³-hybridized carbons (Fsp3) is 0.286. The SMILES string of the molecule is CSCc1nc2ccccc2n1CC(=O)O[C@@H](C)C(=O)NCc1ccc(F)cc1. The first-order valence-corrected chi connectivity index (χ1v) is 10.5. The summed E-state index contributed by atoms with van der Waals surface area (Å²) in [5, 5.41) is 2.68. The van der Waals surface area contributed by atoms with Gasteiger partial charge in [-0.15, -0.1) is 0 Å². The maximum atomic E-state index is 12.9. The number of esters is 1. The molecule has 29 heavy (non-hydrogen) atoms. The largest absolute Gasteiger partial charge is 0.451 e. The van der Waals surface area contributed by atoms with Crippen molar-refractivity contribution in [3.63, 3.8) is 0 Å². The van der Waals surface area contributed by atoms with Crippen molar-refractivity contribution in [2.75, 3.05) is 6.26 Å². The molecule has 6 nitrogen and oxygen atoms in total. The van der Waals surface area contributed by atoms with Crippen LogP contribution >= 0.6 is 11.8 Å². The summed E-state index contributed by atoms with van der Waals surface area (Å²) < 4.78 is 20.1. The number of para-hydroxylation sites is 2. The summed E-state index contributed by atoms with van der Waals surface area (Å²) in [5.74, 6) is 0.178. The second-order valence-corrected chi connectivity index (χ2v) is 7.38. The van der Waals surface area contributed by atoms with Crippen LogP contribution < -0.4 is 5.32 Å². The molecule has 0 aliphatic carbocycles. The zero-order valence-corrected chi connectivity index (χ0v) is 17.0. The van der Waals surface area contributed by atoms with Gasteiger partial charge in [0.1, 0.15) is 18.2 Å². The van der Waals surface area contributed by atoms with Gasteiger partial charge in [0.25, 0.3) is 5.91 Å². The summed E-state index contributed by atoms with van der Waals surface area (Å²) >= 11 is 1.61. The number of rotatable bonds is 8. The van der Waals surface area contributed by atoms with Crippen LogP contribution in [-0.4, -0.2) is 33.8 Å². The molecule has 152 valence electrons. The highest BCUT2D eigenvalue weighted by molar-refractivity contribution is 7.97. The Bertz CT molecular complexity index is 1000. The lowest BCUT2D eigenvalue weighted by atomic mass is 10.2. The molecule has 3 aromatic rings. The lowest BCUT2D eigenvalue weighted by Crippen LogP contribution is -2.36. The number of carbonyl (C=O) groups excluding carboxylic acids is 2. The number of thioether (sulfide) groups is 1. The van der Waals surface area contributed by atoms with Crippen molar-refractivity contribution in [2.24, 2.45) is 0 Å². The minimum Gasteiger partial charge on any atom is -0.451 e. The quantitative estimate of drug-likeness (QED) is 0.572. The number of halogens is 1. The number of amides is 1. The number of hydrogen-bond acceptors (Lipinski definition) is 5. The average molecular weight is 415 g/mol. The third kappa shape index (κ3) is 5.35. The number of imidazole rings is 1. The first-order valence-electron chi connectivity index (χ1n) is 9.12. The van der Waals surface area contributed by atoms with Crippen LogP contribution in [0.1, 0.15) is 18.3 Å². The van der Waals surface area contributed by atoms with Crippen LogP contribution in [0.15, 0.2) is 48.5 Å². The molecule has 2 aromatic carbocycles. The Hall–Kier alpha value is -2.87. The Balaban J connectivity index is 1.60. The summed E-state index contributed by atoms with van der Waals surface area (Å²) in [6.45, 7) is 1.73. The van der Waals surface area contributed by atoms with Gasteiger partial charge in [-0.25, -0.2) is 9.37 Å². The number of carbonyl (C=O) groups is 2. The summed E-state index contributed by atoms with van der Waals surface area (Å²) in [6.07, 6.45) is 1.02. The molecule has 0 aliphatic rings. The van der Waals surface area contributed by atoms with E-state index in [2.05, 4.69) is 10.3 Å². The highest BCUT2D eigenvalue weighted by atomic mass is 32.2. The maximum absolute atomic E-state index is 12.9. The van der Waals surface area contributed by atoms with Crippen LogP contribution in [0.2, 0.25) is 0 Å². The van der Waals surface area contributed by atoms with E-state index in [0.717, 1.165) is 22.4 Å². The van der Waals surface area contributed by atoms with Gasteiger partial charge in [-0.05, 0) is 43.0 Å². The number of aromatic nitrogens is 2. The molecule has 1 heterocycles. The molecule has 0 radical (unpaired) electrons. The molecule has 0 unspecified atom stereocenters. The average Bonchev–Trinajstić information content (AvgIpc) is 3.04. The molecule has 0 fully saturated rings. The Morgan fingerprint density at radius 1 is 1.21 bits per heavy atom. The fourth-order valence-corrected chi connectivity index (χ4v) is 3.37. The van der Waals surface area contributed by atoms with E-state index in [9.17, 15) is 14.0 Å². The van der Waals surface area contributed by atoms with Crippen molar-refractivity contribution < 1.29 is 18.7 Å². The minimum absolute atomic E-state index is 0.0218. The highest BCUT2D eigenvalue weighted by Crippen LogP contribution is 2.19. The maximum Gasteiger partial charge on any atom is 0.326 e. The van der Waals surface area contributed by atoms with Crippen molar-refractivity contribution in [1.82, 2.24) is 14.9 Å². The third-order valence-corrected chi connectivity index (χ3v) is 4.90. The molecule has 0 aliphatic heterocycles. The van der Waals surface area contributed by atoms with Crippen LogP contribution in [0.4, 0.5) is 4.39 Å². The summed E-state index contributed by atoms with van der Waals surface area (Å²) in [4.78, 5) is 29.2. The zero-order chi connectivity index (χ0) is 20.8. The predicted molar refractivity (Wildman–Crippen MR) is 111 cm³/mol. The van der Waals surface area contributed by atoms with Crippen LogP contribution in [0.5, 0.6) is 0 Å². The summed E-state index contributed by atoms with van der Waals surface area (Å²) in [6, 6.07) is 13.4. The monoisotopic (exact) mass is 415 g/mol. The van der Waals surface area contributed by atoms with E-state index in [1.807, 2.05) is 35.1 Å². The Labute approximate surface area is 172 Å². The van der Waals surface area contributed by atoms with Gasteiger partial charge in [0.2, 0.25) is 0 Å². The number of benzene rings is 2. The molecular formula is C21H22FN3O3S. The summed E-state index contributed by atoms with van der Waals surface area (Å²) in [7, 11) is 0. The number of hydrogen-bond donors (Lipinski definition) is 1. The molecule has 3 rings (SSSR count). The lowest BCUT2D eigenvalue weighted by Gasteiger charge is -2.15. The van der Waals surface area contributed by atoms with E-state index in [4.69, 9.17) is 4.74 Å². The van der Waals surface area contributed by atoms with Crippen molar-refractivity contribution in [3.05, 3.63) is 65.7 Å². The van der Waals surface area contributed by atoms with Crippen molar-refractivity contribution in [2.45, 2.75) is 31.9 Å². The smallest absolute Gasteiger partial charge is 0.326 e. The molecular weight excluding hydrogens is 393 g/mol. The highest BCUT2D eigenvalue weighted by Gasteiger charge is 2.20.